The molecule has 2 rings (SSSR count). The number of hydrogen-bond acceptors (Lipinski definition) is 3. The second kappa shape index (κ2) is 8.01. The fourth-order valence-electron chi connectivity index (χ4n) is 2.82. The Morgan fingerprint density at radius 3 is 2.80 bits per heavy atom. The maximum absolute atomic E-state index is 12.0. The van der Waals surface area contributed by atoms with Gasteiger partial charge in [-0.15, -0.1) is 11.3 Å². The first-order valence-electron chi connectivity index (χ1n) is 7.42. The Labute approximate surface area is 129 Å². The van der Waals surface area contributed by atoms with E-state index in [1.54, 1.807) is 11.3 Å². The number of thiophene rings is 1. The number of rotatable bonds is 6. The molecule has 1 aliphatic carbocycles. The first-order valence-corrected chi connectivity index (χ1v) is 8.62. The van der Waals surface area contributed by atoms with Crippen molar-refractivity contribution in [1.29, 1.82) is 0 Å². The van der Waals surface area contributed by atoms with Gasteiger partial charge < -0.3 is 11.1 Å². The van der Waals surface area contributed by atoms with Crippen LogP contribution >= 0.6 is 22.9 Å². The summed E-state index contributed by atoms with van der Waals surface area (Å²) in [7, 11) is 0. The Hall–Kier alpha value is -0.580. The van der Waals surface area contributed by atoms with Crippen molar-refractivity contribution in [3.63, 3.8) is 0 Å². The van der Waals surface area contributed by atoms with E-state index in [9.17, 15) is 4.79 Å². The van der Waals surface area contributed by atoms with Crippen molar-refractivity contribution in [1.82, 2.24) is 5.32 Å². The minimum Gasteiger partial charge on any atom is -0.354 e. The van der Waals surface area contributed by atoms with E-state index in [4.69, 9.17) is 17.3 Å². The number of nitrogens with two attached hydrogens (primary N) is 1. The molecule has 1 aromatic rings. The summed E-state index contributed by atoms with van der Waals surface area (Å²) in [5, 5.41) is 2.93. The third-order valence-corrected chi connectivity index (χ3v) is 5.24. The van der Waals surface area contributed by atoms with Gasteiger partial charge in [-0.05, 0) is 30.9 Å². The van der Waals surface area contributed by atoms with Crippen molar-refractivity contribution in [2.75, 3.05) is 6.54 Å². The predicted molar refractivity (Wildman–Crippen MR) is 85.2 cm³/mol. The molecular formula is C15H23ClN2OS. The average molecular weight is 315 g/mol. The zero-order chi connectivity index (χ0) is 14.4. The highest BCUT2D eigenvalue weighted by atomic mass is 35.5. The number of hydrogen-bond donors (Lipinski definition) is 2. The van der Waals surface area contributed by atoms with Crippen LogP contribution < -0.4 is 11.1 Å². The number of carbonyl (C=O) groups excluding carboxylic acids is 1. The molecule has 1 heterocycles. The normalized spacial score (nSPS) is 17.9. The van der Waals surface area contributed by atoms with Crippen molar-refractivity contribution in [2.45, 2.75) is 51.0 Å². The smallest absolute Gasteiger partial charge is 0.236 e. The summed E-state index contributed by atoms with van der Waals surface area (Å²) >= 11 is 7.43. The third kappa shape index (κ3) is 5.08. The minimum atomic E-state index is -0.356. The molecule has 3 nitrogen and oxygen atoms in total. The Morgan fingerprint density at radius 2 is 2.15 bits per heavy atom. The van der Waals surface area contributed by atoms with Crippen LogP contribution in [0.25, 0.3) is 0 Å². The molecule has 20 heavy (non-hydrogen) atoms. The highest BCUT2D eigenvalue weighted by Gasteiger charge is 2.20. The van der Waals surface area contributed by atoms with Crippen LogP contribution in [0.4, 0.5) is 0 Å². The zero-order valence-electron chi connectivity index (χ0n) is 11.7. The Morgan fingerprint density at radius 1 is 1.40 bits per heavy atom. The van der Waals surface area contributed by atoms with Crippen LogP contribution in [-0.4, -0.2) is 18.5 Å². The molecule has 0 bridgehead atoms. The molecule has 1 fully saturated rings. The maximum Gasteiger partial charge on any atom is 0.236 e. The van der Waals surface area contributed by atoms with E-state index in [0.717, 1.165) is 17.2 Å². The molecule has 1 atom stereocenters. The molecule has 112 valence electrons. The monoisotopic (exact) mass is 314 g/mol. The van der Waals surface area contributed by atoms with Crippen LogP contribution in [0.1, 0.15) is 43.4 Å². The minimum absolute atomic E-state index is 0.0155. The molecule has 3 N–H and O–H groups in total. The molecule has 0 aliphatic heterocycles. The van der Waals surface area contributed by atoms with Gasteiger partial charge in [0.2, 0.25) is 5.91 Å². The lowest BCUT2D eigenvalue weighted by molar-refractivity contribution is -0.122. The van der Waals surface area contributed by atoms with Gasteiger partial charge in [-0.25, -0.2) is 0 Å². The molecule has 1 amide bonds. The lowest BCUT2D eigenvalue weighted by atomic mass is 9.85. The first kappa shape index (κ1) is 15.8. The summed E-state index contributed by atoms with van der Waals surface area (Å²) in [6.45, 7) is 0.633. The number of amides is 1. The second-order valence-corrected chi connectivity index (χ2v) is 7.39. The Bertz CT molecular complexity index is 429. The summed E-state index contributed by atoms with van der Waals surface area (Å²) in [4.78, 5) is 13.1. The first-order chi connectivity index (χ1) is 9.65. The number of carbonyl (C=O) groups is 1. The molecule has 1 aromatic heterocycles. The van der Waals surface area contributed by atoms with Gasteiger partial charge in [0.05, 0.1) is 10.4 Å². The molecule has 1 saturated carbocycles. The van der Waals surface area contributed by atoms with Crippen LogP contribution in [0.15, 0.2) is 12.1 Å². The average Bonchev–Trinajstić information content (AvgIpc) is 2.85. The van der Waals surface area contributed by atoms with Crippen LogP contribution in [0.5, 0.6) is 0 Å². The summed E-state index contributed by atoms with van der Waals surface area (Å²) in [6, 6.07) is 3.53. The number of nitrogens with one attached hydrogen (secondary N) is 1. The number of halogens is 1. The van der Waals surface area contributed by atoms with Crippen LogP contribution in [0.2, 0.25) is 4.34 Å². The molecule has 0 spiro atoms. The summed E-state index contributed by atoms with van der Waals surface area (Å²) in [5.74, 6) is 0.624. The van der Waals surface area contributed by atoms with Crippen molar-refractivity contribution in [2.24, 2.45) is 11.7 Å². The lowest BCUT2D eigenvalue weighted by Gasteiger charge is -2.24. The summed E-state index contributed by atoms with van der Waals surface area (Å²) < 4.78 is 0.792. The summed E-state index contributed by atoms with van der Waals surface area (Å²) in [6.07, 6.45) is 8.02. The lowest BCUT2D eigenvalue weighted by Crippen LogP contribution is -2.42. The van der Waals surface area contributed by atoms with Gasteiger partial charge in [-0.2, -0.15) is 0 Å². The Kier molecular flexibility index (Phi) is 6.33. The highest BCUT2D eigenvalue weighted by molar-refractivity contribution is 7.16. The topological polar surface area (TPSA) is 55.1 Å². The molecule has 1 unspecified atom stereocenters. The zero-order valence-corrected chi connectivity index (χ0v) is 13.3. The predicted octanol–water partition coefficient (Wildman–Crippen LogP) is 3.36. The quantitative estimate of drug-likeness (QED) is 0.846. The van der Waals surface area contributed by atoms with Gasteiger partial charge in [0, 0.05) is 11.4 Å². The molecule has 0 saturated heterocycles. The van der Waals surface area contributed by atoms with Crippen molar-refractivity contribution >= 4 is 28.8 Å². The van der Waals surface area contributed by atoms with E-state index in [1.165, 1.54) is 37.0 Å². The van der Waals surface area contributed by atoms with E-state index in [2.05, 4.69) is 5.32 Å². The maximum atomic E-state index is 12.0. The molecule has 0 radical (unpaired) electrons. The van der Waals surface area contributed by atoms with Crippen molar-refractivity contribution in [3.8, 4) is 0 Å². The van der Waals surface area contributed by atoms with Gasteiger partial charge in [0.1, 0.15) is 0 Å². The van der Waals surface area contributed by atoms with E-state index >= 15 is 0 Å². The summed E-state index contributed by atoms with van der Waals surface area (Å²) in [5.41, 5.74) is 6.00. The van der Waals surface area contributed by atoms with Crippen LogP contribution in [0.3, 0.4) is 0 Å². The largest absolute Gasteiger partial charge is 0.354 e. The van der Waals surface area contributed by atoms with Crippen LogP contribution in [-0.2, 0) is 11.2 Å². The van der Waals surface area contributed by atoms with E-state index in [-0.39, 0.29) is 11.9 Å². The SMILES string of the molecule is NC(CC1CCCCC1)C(=O)NCCc1ccc(Cl)s1. The fourth-order valence-corrected chi connectivity index (χ4v) is 3.90. The third-order valence-electron chi connectivity index (χ3n) is 3.95. The van der Waals surface area contributed by atoms with Crippen LogP contribution in [0, 0.1) is 5.92 Å². The van der Waals surface area contributed by atoms with Crippen molar-refractivity contribution in [3.05, 3.63) is 21.3 Å². The van der Waals surface area contributed by atoms with Gasteiger partial charge in [-0.3, -0.25) is 4.79 Å². The van der Waals surface area contributed by atoms with E-state index < -0.39 is 0 Å². The standard InChI is InChI=1S/C15H23ClN2OS/c16-14-7-6-12(20-14)8-9-18-15(19)13(17)10-11-4-2-1-3-5-11/h6-7,11,13H,1-5,8-10,17H2,(H,18,19). The van der Waals surface area contributed by atoms with E-state index in [0.29, 0.717) is 12.5 Å². The molecule has 1 aliphatic rings. The van der Waals surface area contributed by atoms with Gasteiger partial charge in [-0.1, -0.05) is 43.7 Å². The van der Waals surface area contributed by atoms with Crippen molar-refractivity contribution < 1.29 is 4.79 Å². The molecular weight excluding hydrogens is 292 g/mol. The molecule has 5 heteroatoms. The van der Waals surface area contributed by atoms with Gasteiger partial charge in [0.15, 0.2) is 0 Å². The van der Waals surface area contributed by atoms with E-state index in [1.807, 2.05) is 12.1 Å². The van der Waals surface area contributed by atoms with Gasteiger partial charge >= 0.3 is 0 Å². The van der Waals surface area contributed by atoms with Gasteiger partial charge in [0.25, 0.3) is 0 Å². The second-order valence-electron chi connectivity index (χ2n) is 5.59. The molecule has 0 aromatic carbocycles. The fraction of sp³-hybridized carbons (Fsp3) is 0.667. The highest BCUT2D eigenvalue weighted by Crippen LogP contribution is 2.27. The Balaban J connectivity index is 1.65.